The summed E-state index contributed by atoms with van der Waals surface area (Å²) in [7, 11) is 0. The Kier molecular flexibility index (Phi) is 4.54. The van der Waals surface area contributed by atoms with Crippen LogP contribution in [0, 0.1) is 0 Å². The van der Waals surface area contributed by atoms with Crippen LogP contribution in [0.4, 0.5) is 0 Å². The summed E-state index contributed by atoms with van der Waals surface area (Å²) < 4.78 is 1.90. The third-order valence-electron chi connectivity index (χ3n) is 5.41. The van der Waals surface area contributed by atoms with Crippen molar-refractivity contribution in [2.45, 2.75) is 25.3 Å². The van der Waals surface area contributed by atoms with E-state index in [0.717, 1.165) is 60.8 Å². The lowest BCUT2D eigenvalue weighted by Crippen LogP contribution is -2.33. The Hall–Kier alpha value is -3.12. The molecule has 5 rings (SSSR count). The van der Waals surface area contributed by atoms with E-state index >= 15 is 0 Å². The summed E-state index contributed by atoms with van der Waals surface area (Å²) in [5.74, 6) is 1.38. The zero-order valence-corrected chi connectivity index (χ0v) is 15.6. The molecule has 4 aromatic heterocycles. The predicted molar refractivity (Wildman–Crippen MR) is 108 cm³/mol. The molecule has 0 radical (unpaired) electrons. The number of hydrogen-bond donors (Lipinski definition) is 0. The molecular formula is C22H22N6. The number of rotatable bonds is 4. The first-order chi connectivity index (χ1) is 13.8. The lowest BCUT2D eigenvalue weighted by molar-refractivity contribution is 0.200. The van der Waals surface area contributed by atoms with E-state index in [-0.39, 0.29) is 0 Å². The van der Waals surface area contributed by atoms with Gasteiger partial charge in [-0.25, -0.2) is 9.50 Å². The Bertz CT molecular complexity index is 1050. The highest BCUT2D eigenvalue weighted by molar-refractivity contribution is 5.63. The van der Waals surface area contributed by atoms with Crippen LogP contribution < -0.4 is 0 Å². The first kappa shape index (κ1) is 17.0. The third kappa shape index (κ3) is 3.51. The van der Waals surface area contributed by atoms with Crippen LogP contribution in [0.1, 0.15) is 30.3 Å². The molecule has 1 aliphatic heterocycles. The van der Waals surface area contributed by atoms with Crippen molar-refractivity contribution in [2.24, 2.45) is 0 Å². The van der Waals surface area contributed by atoms with Gasteiger partial charge in [-0.1, -0.05) is 12.1 Å². The molecular weight excluding hydrogens is 348 g/mol. The second kappa shape index (κ2) is 7.48. The number of pyridine rings is 3. The van der Waals surface area contributed by atoms with Crippen LogP contribution >= 0.6 is 0 Å². The van der Waals surface area contributed by atoms with E-state index in [1.165, 1.54) is 0 Å². The molecule has 0 unspecified atom stereocenters. The van der Waals surface area contributed by atoms with Crippen LogP contribution in [-0.2, 0) is 6.54 Å². The fourth-order valence-corrected chi connectivity index (χ4v) is 3.85. The Morgan fingerprint density at radius 2 is 1.86 bits per heavy atom. The van der Waals surface area contributed by atoms with Gasteiger partial charge in [0.25, 0.3) is 0 Å². The van der Waals surface area contributed by atoms with Crippen molar-refractivity contribution in [3.05, 3.63) is 78.8 Å². The van der Waals surface area contributed by atoms with E-state index in [1.807, 2.05) is 41.3 Å². The van der Waals surface area contributed by atoms with Gasteiger partial charge in [-0.3, -0.25) is 14.9 Å². The SMILES string of the molecule is c1ccc(CN2CCC(c3nc4ccc(-c5cccnc5)cn4n3)CC2)nc1. The van der Waals surface area contributed by atoms with Crippen LogP contribution in [0.15, 0.2) is 67.3 Å². The van der Waals surface area contributed by atoms with Crippen molar-refractivity contribution in [3.8, 4) is 11.1 Å². The summed E-state index contributed by atoms with van der Waals surface area (Å²) in [5.41, 5.74) is 4.22. The maximum atomic E-state index is 4.79. The average molecular weight is 370 g/mol. The molecule has 0 saturated carbocycles. The molecule has 6 heteroatoms. The Balaban J connectivity index is 1.29. The Labute approximate surface area is 163 Å². The minimum Gasteiger partial charge on any atom is -0.297 e. The standard InChI is InChI=1S/C22H22N6/c1-2-11-24-20(5-1)16-27-12-8-17(9-13-27)22-25-21-7-6-19(15-28(21)26-22)18-4-3-10-23-14-18/h1-7,10-11,14-15,17H,8-9,12-13,16H2. The topological polar surface area (TPSA) is 59.2 Å². The predicted octanol–water partition coefficient (Wildman–Crippen LogP) is 3.57. The quantitative estimate of drug-likeness (QED) is 0.550. The smallest absolute Gasteiger partial charge is 0.155 e. The maximum Gasteiger partial charge on any atom is 0.155 e. The van der Waals surface area contributed by atoms with Crippen molar-refractivity contribution in [1.29, 1.82) is 0 Å². The minimum absolute atomic E-state index is 0.418. The highest BCUT2D eigenvalue weighted by atomic mass is 15.3. The molecule has 5 heterocycles. The number of aromatic nitrogens is 5. The minimum atomic E-state index is 0.418. The molecule has 28 heavy (non-hydrogen) atoms. The van der Waals surface area contributed by atoms with Crippen LogP contribution in [0.2, 0.25) is 0 Å². The normalized spacial score (nSPS) is 15.9. The number of hydrogen-bond acceptors (Lipinski definition) is 5. The van der Waals surface area contributed by atoms with Crippen LogP contribution in [0.3, 0.4) is 0 Å². The number of nitrogens with zero attached hydrogens (tertiary/aromatic N) is 6. The summed E-state index contributed by atoms with van der Waals surface area (Å²) in [5, 5.41) is 4.79. The molecule has 0 amide bonds. The van der Waals surface area contributed by atoms with Gasteiger partial charge in [0.2, 0.25) is 0 Å². The molecule has 0 N–H and O–H groups in total. The zero-order valence-electron chi connectivity index (χ0n) is 15.6. The van der Waals surface area contributed by atoms with E-state index in [1.54, 1.807) is 6.20 Å². The number of fused-ring (bicyclic) bond motifs is 1. The first-order valence-electron chi connectivity index (χ1n) is 9.74. The fourth-order valence-electron chi connectivity index (χ4n) is 3.85. The van der Waals surface area contributed by atoms with E-state index in [4.69, 9.17) is 10.1 Å². The highest BCUT2D eigenvalue weighted by Crippen LogP contribution is 2.27. The molecule has 140 valence electrons. The molecule has 1 fully saturated rings. The second-order valence-corrected chi connectivity index (χ2v) is 7.30. The maximum absolute atomic E-state index is 4.79. The molecule has 0 aliphatic carbocycles. The van der Waals surface area contributed by atoms with Crippen molar-refractivity contribution >= 4 is 5.65 Å². The van der Waals surface area contributed by atoms with Crippen LogP contribution in [-0.4, -0.2) is 42.6 Å². The molecule has 0 atom stereocenters. The highest BCUT2D eigenvalue weighted by Gasteiger charge is 2.24. The summed E-state index contributed by atoms with van der Waals surface area (Å²) in [6.07, 6.45) is 9.73. The Morgan fingerprint density at radius 1 is 0.929 bits per heavy atom. The van der Waals surface area contributed by atoms with Gasteiger partial charge in [0.15, 0.2) is 11.5 Å². The van der Waals surface area contributed by atoms with Gasteiger partial charge in [0.05, 0.1) is 5.69 Å². The summed E-state index contributed by atoms with van der Waals surface area (Å²) in [6.45, 7) is 3.02. The van der Waals surface area contributed by atoms with Gasteiger partial charge >= 0.3 is 0 Å². The average Bonchev–Trinajstić information content (AvgIpc) is 3.19. The molecule has 0 spiro atoms. The van der Waals surface area contributed by atoms with Gasteiger partial charge in [-0.05, 0) is 56.3 Å². The lowest BCUT2D eigenvalue weighted by Gasteiger charge is -2.30. The van der Waals surface area contributed by atoms with Gasteiger partial charge < -0.3 is 0 Å². The summed E-state index contributed by atoms with van der Waals surface area (Å²) in [6, 6.07) is 14.2. The molecule has 0 aromatic carbocycles. The monoisotopic (exact) mass is 370 g/mol. The van der Waals surface area contributed by atoms with Crippen molar-refractivity contribution in [3.63, 3.8) is 0 Å². The van der Waals surface area contributed by atoms with Crippen molar-refractivity contribution in [2.75, 3.05) is 13.1 Å². The van der Waals surface area contributed by atoms with Crippen molar-refractivity contribution < 1.29 is 0 Å². The molecule has 0 bridgehead atoms. The van der Waals surface area contributed by atoms with Crippen molar-refractivity contribution in [1.82, 2.24) is 29.5 Å². The molecule has 1 saturated heterocycles. The molecule has 1 aliphatic rings. The molecule has 6 nitrogen and oxygen atoms in total. The zero-order chi connectivity index (χ0) is 18.8. The summed E-state index contributed by atoms with van der Waals surface area (Å²) >= 11 is 0. The fraction of sp³-hybridized carbons (Fsp3) is 0.273. The lowest BCUT2D eigenvalue weighted by atomic mass is 9.96. The van der Waals surface area contributed by atoms with Gasteiger partial charge in [0.1, 0.15) is 0 Å². The Morgan fingerprint density at radius 3 is 2.64 bits per heavy atom. The van der Waals surface area contributed by atoms with Crippen LogP contribution in [0.5, 0.6) is 0 Å². The second-order valence-electron chi connectivity index (χ2n) is 7.30. The first-order valence-corrected chi connectivity index (χ1v) is 9.74. The number of piperidine rings is 1. The van der Waals surface area contributed by atoms with Crippen LogP contribution in [0.25, 0.3) is 16.8 Å². The van der Waals surface area contributed by atoms with Gasteiger partial charge in [0, 0.05) is 48.4 Å². The van der Waals surface area contributed by atoms with Gasteiger partial charge in [-0.15, -0.1) is 0 Å². The van der Waals surface area contributed by atoms with E-state index in [9.17, 15) is 0 Å². The van der Waals surface area contributed by atoms with E-state index in [0.29, 0.717) is 5.92 Å². The van der Waals surface area contributed by atoms with Gasteiger partial charge in [-0.2, -0.15) is 5.10 Å². The largest absolute Gasteiger partial charge is 0.297 e. The molecule has 4 aromatic rings. The van der Waals surface area contributed by atoms with E-state index < -0.39 is 0 Å². The number of likely N-dealkylation sites (tertiary alicyclic amines) is 1. The third-order valence-corrected chi connectivity index (χ3v) is 5.41. The summed E-state index contributed by atoms with van der Waals surface area (Å²) in [4.78, 5) is 15.9. The van der Waals surface area contributed by atoms with E-state index in [2.05, 4.69) is 39.1 Å².